The van der Waals surface area contributed by atoms with E-state index in [1.54, 1.807) is 0 Å². The number of nitrogens with one attached hydrogen (secondary N) is 2. The molecule has 2 heteroatoms. The van der Waals surface area contributed by atoms with Crippen LogP contribution in [-0.2, 0) is 0 Å². The first-order chi connectivity index (χ1) is 3.91. The van der Waals surface area contributed by atoms with Crippen LogP contribution in [0, 0.1) is 0 Å². The molecule has 0 atom stereocenters. The van der Waals surface area contributed by atoms with Gasteiger partial charge in [0.05, 0.1) is 0 Å². The minimum atomic E-state index is 0.554. The number of hydrogen-bond donors (Lipinski definition) is 0. The highest BCUT2D eigenvalue weighted by Gasteiger charge is 1.78. The van der Waals surface area contributed by atoms with Crippen molar-refractivity contribution in [1.29, 1.82) is 0 Å². The van der Waals surface area contributed by atoms with Gasteiger partial charge in [-0.2, -0.15) is 13.1 Å². The molecule has 0 fully saturated rings. The first-order valence-electron chi connectivity index (χ1n) is 3.21. The Hall–Kier alpha value is -0.0800. The lowest BCUT2D eigenvalue weighted by atomic mass is 10.2. The maximum atomic E-state index is 6.79. The molecule has 0 spiro atoms. The highest BCUT2D eigenvalue weighted by Crippen LogP contribution is 1.98. The van der Waals surface area contributed by atoms with Crippen LogP contribution in [0.1, 0.15) is 25.7 Å². The zero-order chi connectivity index (χ0) is 6.24. The van der Waals surface area contributed by atoms with Crippen LogP contribution in [0.3, 0.4) is 0 Å². The molecule has 50 valence electrons. The SMILES string of the molecule is [NH-]CCCCCC[NH-]. The fourth-order valence-corrected chi connectivity index (χ4v) is 0.604. The van der Waals surface area contributed by atoms with Gasteiger partial charge >= 0.3 is 0 Å². The summed E-state index contributed by atoms with van der Waals surface area (Å²) >= 11 is 0. The standard InChI is InChI=1S/C6H14N2/c7-5-3-1-2-4-6-8/h7-8H,1-6H2/q-2. The summed E-state index contributed by atoms with van der Waals surface area (Å²) < 4.78 is 0. The Labute approximate surface area is 51.2 Å². The molecule has 2 nitrogen and oxygen atoms in total. The zero-order valence-electron chi connectivity index (χ0n) is 5.24. The van der Waals surface area contributed by atoms with Gasteiger partial charge < -0.3 is 11.5 Å². The molecule has 0 aliphatic rings. The molecule has 0 amide bonds. The van der Waals surface area contributed by atoms with E-state index in [1.165, 1.54) is 0 Å². The van der Waals surface area contributed by atoms with E-state index in [1.807, 2.05) is 0 Å². The first kappa shape index (κ1) is 7.92. The van der Waals surface area contributed by atoms with Gasteiger partial charge in [-0.15, -0.1) is 0 Å². The van der Waals surface area contributed by atoms with Crippen molar-refractivity contribution in [2.45, 2.75) is 25.7 Å². The van der Waals surface area contributed by atoms with E-state index in [-0.39, 0.29) is 0 Å². The average Bonchev–Trinajstić information content (AvgIpc) is 1.81. The second-order valence-electron chi connectivity index (χ2n) is 1.91. The van der Waals surface area contributed by atoms with Crippen LogP contribution in [0.25, 0.3) is 11.5 Å². The smallest absolute Gasteiger partial charge is 0.0550 e. The van der Waals surface area contributed by atoms with E-state index in [0.29, 0.717) is 13.1 Å². The van der Waals surface area contributed by atoms with E-state index in [9.17, 15) is 0 Å². The summed E-state index contributed by atoms with van der Waals surface area (Å²) in [4.78, 5) is 0. The molecule has 2 N–H and O–H groups in total. The highest BCUT2D eigenvalue weighted by atomic mass is 14.5. The normalized spacial score (nSPS) is 9.75. The largest absolute Gasteiger partial charge is 0.677 e. The predicted octanol–water partition coefficient (Wildman–Crippen LogP) is 2.65. The molecular weight excluding hydrogens is 100 g/mol. The van der Waals surface area contributed by atoms with E-state index in [2.05, 4.69) is 0 Å². The van der Waals surface area contributed by atoms with Crippen molar-refractivity contribution in [3.63, 3.8) is 0 Å². The van der Waals surface area contributed by atoms with Crippen molar-refractivity contribution < 1.29 is 0 Å². The molecule has 0 aliphatic heterocycles. The van der Waals surface area contributed by atoms with E-state index in [0.717, 1.165) is 25.7 Å². The van der Waals surface area contributed by atoms with Crippen molar-refractivity contribution >= 4 is 0 Å². The average molecular weight is 114 g/mol. The number of rotatable bonds is 5. The van der Waals surface area contributed by atoms with Crippen molar-refractivity contribution in [3.05, 3.63) is 11.5 Å². The fourth-order valence-electron chi connectivity index (χ4n) is 0.604. The molecule has 0 aromatic rings. The van der Waals surface area contributed by atoms with Crippen LogP contribution in [0.5, 0.6) is 0 Å². The molecule has 0 bridgehead atoms. The van der Waals surface area contributed by atoms with Crippen LogP contribution in [0.15, 0.2) is 0 Å². The molecule has 0 saturated carbocycles. The van der Waals surface area contributed by atoms with Crippen LogP contribution in [0.4, 0.5) is 0 Å². The Bertz CT molecular complexity index is 31.5. The summed E-state index contributed by atoms with van der Waals surface area (Å²) in [5.74, 6) is 0. The van der Waals surface area contributed by atoms with Crippen molar-refractivity contribution in [2.24, 2.45) is 0 Å². The molecule has 0 aliphatic carbocycles. The van der Waals surface area contributed by atoms with Gasteiger partial charge in [0, 0.05) is 0 Å². The van der Waals surface area contributed by atoms with Gasteiger partial charge in [0.25, 0.3) is 0 Å². The Morgan fingerprint density at radius 3 is 1.25 bits per heavy atom. The lowest BCUT2D eigenvalue weighted by molar-refractivity contribution is 0.688. The second-order valence-corrected chi connectivity index (χ2v) is 1.91. The maximum absolute atomic E-state index is 6.79. The number of unbranched alkanes of at least 4 members (excludes halogenated alkanes) is 3. The fraction of sp³-hybridized carbons (Fsp3) is 1.00. The van der Waals surface area contributed by atoms with Gasteiger partial charge in [-0.25, -0.2) is 0 Å². The Balaban J connectivity index is 2.53. The topological polar surface area (TPSA) is 47.6 Å². The summed E-state index contributed by atoms with van der Waals surface area (Å²) in [7, 11) is 0. The summed E-state index contributed by atoms with van der Waals surface area (Å²) in [5, 5.41) is 0. The Morgan fingerprint density at radius 1 is 0.625 bits per heavy atom. The van der Waals surface area contributed by atoms with Crippen molar-refractivity contribution in [2.75, 3.05) is 13.1 Å². The number of hydrogen-bond acceptors (Lipinski definition) is 0. The Morgan fingerprint density at radius 2 is 1.00 bits per heavy atom. The summed E-state index contributed by atoms with van der Waals surface area (Å²) in [6, 6.07) is 0. The molecule has 0 heterocycles. The van der Waals surface area contributed by atoms with Gasteiger partial charge in [0.1, 0.15) is 0 Å². The first-order valence-corrected chi connectivity index (χ1v) is 3.21. The van der Waals surface area contributed by atoms with Gasteiger partial charge in [-0.3, -0.25) is 0 Å². The van der Waals surface area contributed by atoms with Crippen LogP contribution >= 0.6 is 0 Å². The van der Waals surface area contributed by atoms with Crippen LogP contribution < -0.4 is 0 Å². The van der Waals surface area contributed by atoms with Gasteiger partial charge in [0.15, 0.2) is 0 Å². The molecule has 0 unspecified atom stereocenters. The molecule has 0 radical (unpaired) electrons. The van der Waals surface area contributed by atoms with E-state index >= 15 is 0 Å². The quantitative estimate of drug-likeness (QED) is 0.493. The third-order valence-corrected chi connectivity index (χ3v) is 1.10. The summed E-state index contributed by atoms with van der Waals surface area (Å²) in [6.45, 7) is 1.11. The minimum absolute atomic E-state index is 0.554. The van der Waals surface area contributed by atoms with Crippen LogP contribution in [-0.4, -0.2) is 13.1 Å². The lowest BCUT2D eigenvalue weighted by Gasteiger charge is -2.01. The molecule has 0 aromatic heterocycles. The third-order valence-electron chi connectivity index (χ3n) is 1.10. The molecule has 8 heavy (non-hydrogen) atoms. The minimum Gasteiger partial charge on any atom is -0.677 e. The van der Waals surface area contributed by atoms with E-state index < -0.39 is 0 Å². The molecule has 0 aromatic carbocycles. The van der Waals surface area contributed by atoms with Gasteiger partial charge in [-0.1, -0.05) is 25.7 Å². The Kier molecular flexibility index (Phi) is 6.85. The van der Waals surface area contributed by atoms with Crippen molar-refractivity contribution in [3.8, 4) is 0 Å². The molecule has 0 saturated heterocycles. The summed E-state index contributed by atoms with van der Waals surface area (Å²) in [6.07, 6.45) is 4.31. The maximum Gasteiger partial charge on any atom is -0.0550 e. The highest BCUT2D eigenvalue weighted by molar-refractivity contribution is 4.54. The predicted molar refractivity (Wildman–Crippen MR) is 36.8 cm³/mol. The van der Waals surface area contributed by atoms with Gasteiger partial charge in [-0.05, 0) is 0 Å². The van der Waals surface area contributed by atoms with Crippen molar-refractivity contribution in [1.82, 2.24) is 0 Å². The molecular formula is C6H14N2-2. The van der Waals surface area contributed by atoms with Gasteiger partial charge in [0.2, 0.25) is 0 Å². The second kappa shape index (κ2) is 6.92. The third kappa shape index (κ3) is 5.92. The van der Waals surface area contributed by atoms with E-state index in [4.69, 9.17) is 11.5 Å². The van der Waals surface area contributed by atoms with Crippen LogP contribution in [0.2, 0.25) is 0 Å². The molecule has 0 rings (SSSR count). The zero-order valence-corrected chi connectivity index (χ0v) is 5.24. The summed E-state index contributed by atoms with van der Waals surface area (Å²) in [5.41, 5.74) is 13.6. The lowest BCUT2D eigenvalue weighted by Crippen LogP contribution is -1.80. The monoisotopic (exact) mass is 114 g/mol.